The Morgan fingerprint density at radius 2 is 1.92 bits per heavy atom. The van der Waals surface area contributed by atoms with Crippen molar-refractivity contribution in [1.29, 1.82) is 0 Å². The summed E-state index contributed by atoms with van der Waals surface area (Å²) in [5.74, 6) is 1.53. The third-order valence-corrected chi connectivity index (χ3v) is 4.54. The van der Waals surface area contributed by atoms with E-state index in [-0.39, 0.29) is 5.91 Å². The standard InChI is InChI=1S/C20H19N3O3/c1-25-15-8-6-7-14(13-15)18-21-19(26-22-18)16-9-2-3-10-17(16)20(24)23-11-4-5-12-23/h2-3,6-10,13H,4-5,11-12H2,1H3. The lowest BCUT2D eigenvalue weighted by Crippen LogP contribution is -2.28. The van der Waals surface area contributed by atoms with E-state index in [9.17, 15) is 4.79 Å². The highest BCUT2D eigenvalue weighted by Crippen LogP contribution is 2.28. The maximum absolute atomic E-state index is 12.8. The van der Waals surface area contributed by atoms with Crippen LogP contribution >= 0.6 is 0 Å². The molecular formula is C20H19N3O3. The molecule has 0 N–H and O–H groups in total. The molecular weight excluding hydrogens is 330 g/mol. The largest absolute Gasteiger partial charge is 0.497 e. The molecule has 0 unspecified atom stereocenters. The lowest BCUT2D eigenvalue weighted by Gasteiger charge is -2.16. The highest BCUT2D eigenvalue weighted by atomic mass is 16.5. The Labute approximate surface area is 151 Å². The Morgan fingerprint density at radius 1 is 1.12 bits per heavy atom. The van der Waals surface area contributed by atoms with E-state index in [1.807, 2.05) is 53.4 Å². The van der Waals surface area contributed by atoms with Crippen molar-refractivity contribution in [1.82, 2.24) is 15.0 Å². The zero-order valence-corrected chi connectivity index (χ0v) is 14.5. The van der Waals surface area contributed by atoms with Crippen molar-refractivity contribution in [2.24, 2.45) is 0 Å². The average molecular weight is 349 g/mol. The summed E-state index contributed by atoms with van der Waals surface area (Å²) in [7, 11) is 1.61. The van der Waals surface area contributed by atoms with Crippen molar-refractivity contribution in [3.8, 4) is 28.6 Å². The second-order valence-electron chi connectivity index (χ2n) is 6.20. The van der Waals surface area contributed by atoms with Gasteiger partial charge in [-0.1, -0.05) is 29.4 Å². The van der Waals surface area contributed by atoms with Crippen LogP contribution in [0.4, 0.5) is 0 Å². The molecule has 1 aliphatic heterocycles. The molecule has 4 rings (SSSR count). The van der Waals surface area contributed by atoms with Gasteiger partial charge in [0.15, 0.2) is 0 Å². The third kappa shape index (κ3) is 3.06. The number of methoxy groups -OCH3 is 1. The van der Waals surface area contributed by atoms with Crippen LogP contribution in [0.1, 0.15) is 23.2 Å². The Balaban J connectivity index is 1.68. The molecule has 0 radical (unpaired) electrons. The van der Waals surface area contributed by atoms with Crippen molar-refractivity contribution in [2.45, 2.75) is 12.8 Å². The summed E-state index contributed by atoms with van der Waals surface area (Å²) < 4.78 is 10.7. The first-order valence-corrected chi connectivity index (χ1v) is 8.63. The van der Waals surface area contributed by atoms with Crippen LogP contribution < -0.4 is 4.74 Å². The van der Waals surface area contributed by atoms with Gasteiger partial charge >= 0.3 is 0 Å². The number of rotatable bonds is 4. The molecule has 2 aromatic carbocycles. The fraction of sp³-hybridized carbons (Fsp3) is 0.250. The number of nitrogens with zero attached hydrogens (tertiary/aromatic N) is 3. The predicted molar refractivity (Wildman–Crippen MR) is 96.9 cm³/mol. The summed E-state index contributed by atoms with van der Waals surface area (Å²) in [6.07, 6.45) is 2.10. The summed E-state index contributed by atoms with van der Waals surface area (Å²) in [5.41, 5.74) is 2.05. The number of amides is 1. The van der Waals surface area contributed by atoms with E-state index in [1.54, 1.807) is 7.11 Å². The number of carbonyl (C=O) groups is 1. The number of hydrogen-bond acceptors (Lipinski definition) is 5. The lowest BCUT2D eigenvalue weighted by molar-refractivity contribution is 0.0793. The zero-order valence-electron chi connectivity index (χ0n) is 14.5. The first-order valence-electron chi connectivity index (χ1n) is 8.63. The van der Waals surface area contributed by atoms with Crippen LogP contribution in [0.15, 0.2) is 53.1 Å². The van der Waals surface area contributed by atoms with Gasteiger partial charge in [0.05, 0.1) is 18.2 Å². The van der Waals surface area contributed by atoms with Crippen molar-refractivity contribution in [3.05, 3.63) is 54.1 Å². The molecule has 0 aliphatic carbocycles. The first-order chi connectivity index (χ1) is 12.8. The van der Waals surface area contributed by atoms with Gasteiger partial charge in [0.1, 0.15) is 5.75 Å². The molecule has 1 saturated heterocycles. The van der Waals surface area contributed by atoms with E-state index in [1.165, 1.54) is 0 Å². The van der Waals surface area contributed by atoms with E-state index in [0.717, 1.165) is 37.2 Å². The Morgan fingerprint density at radius 3 is 2.73 bits per heavy atom. The van der Waals surface area contributed by atoms with Crippen LogP contribution in [0.25, 0.3) is 22.8 Å². The average Bonchev–Trinajstić information content (AvgIpc) is 3.39. The zero-order chi connectivity index (χ0) is 17.9. The predicted octanol–water partition coefficient (Wildman–Crippen LogP) is 3.65. The Bertz CT molecular complexity index is 929. The molecule has 0 atom stereocenters. The summed E-state index contributed by atoms with van der Waals surface area (Å²) in [5, 5.41) is 4.07. The molecule has 6 nitrogen and oxygen atoms in total. The third-order valence-electron chi connectivity index (χ3n) is 4.54. The minimum atomic E-state index is 0.0132. The van der Waals surface area contributed by atoms with Gasteiger partial charge in [0, 0.05) is 18.7 Å². The van der Waals surface area contributed by atoms with Crippen LogP contribution in [0, 0.1) is 0 Å². The molecule has 0 saturated carbocycles. The number of benzene rings is 2. The number of likely N-dealkylation sites (tertiary alicyclic amines) is 1. The summed E-state index contributed by atoms with van der Waals surface area (Å²) in [4.78, 5) is 19.2. The summed E-state index contributed by atoms with van der Waals surface area (Å²) >= 11 is 0. The number of carbonyl (C=O) groups excluding carboxylic acids is 1. The van der Waals surface area contributed by atoms with Gasteiger partial charge in [-0.2, -0.15) is 4.98 Å². The molecule has 26 heavy (non-hydrogen) atoms. The van der Waals surface area contributed by atoms with Gasteiger partial charge in [0.2, 0.25) is 5.82 Å². The van der Waals surface area contributed by atoms with Gasteiger partial charge in [-0.15, -0.1) is 0 Å². The first kappa shape index (κ1) is 16.3. The van der Waals surface area contributed by atoms with Crippen LogP contribution in [-0.2, 0) is 0 Å². The highest BCUT2D eigenvalue weighted by molar-refractivity contribution is 6.00. The minimum absolute atomic E-state index is 0.0132. The Kier molecular flexibility index (Phi) is 4.39. The number of ether oxygens (including phenoxy) is 1. The molecule has 3 aromatic rings. The molecule has 2 heterocycles. The maximum atomic E-state index is 12.8. The monoisotopic (exact) mass is 349 g/mol. The van der Waals surface area contributed by atoms with Crippen molar-refractivity contribution in [3.63, 3.8) is 0 Å². The highest BCUT2D eigenvalue weighted by Gasteiger charge is 2.24. The van der Waals surface area contributed by atoms with Gasteiger partial charge in [-0.25, -0.2) is 0 Å². The fourth-order valence-electron chi connectivity index (χ4n) is 3.16. The van der Waals surface area contributed by atoms with Crippen LogP contribution in [0.5, 0.6) is 5.75 Å². The Hall–Kier alpha value is -3.15. The van der Waals surface area contributed by atoms with E-state index in [4.69, 9.17) is 9.26 Å². The molecule has 1 amide bonds. The van der Waals surface area contributed by atoms with Crippen LogP contribution in [0.2, 0.25) is 0 Å². The molecule has 1 fully saturated rings. The van der Waals surface area contributed by atoms with E-state index >= 15 is 0 Å². The van der Waals surface area contributed by atoms with Crippen molar-refractivity contribution >= 4 is 5.91 Å². The minimum Gasteiger partial charge on any atom is -0.497 e. The number of hydrogen-bond donors (Lipinski definition) is 0. The summed E-state index contributed by atoms with van der Waals surface area (Å²) in [6.45, 7) is 1.60. The van der Waals surface area contributed by atoms with Crippen LogP contribution in [0.3, 0.4) is 0 Å². The normalized spacial score (nSPS) is 13.8. The van der Waals surface area contributed by atoms with E-state index in [2.05, 4.69) is 10.1 Å². The fourth-order valence-corrected chi connectivity index (χ4v) is 3.16. The molecule has 0 bridgehead atoms. The molecule has 1 aromatic heterocycles. The molecule has 132 valence electrons. The smallest absolute Gasteiger partial charge is 0.259 e. The topological polar surface area (TPSA) is 68.5 Å². The maximum Gasteiger partial charge on any atom is 0.259 e. The number of aromatic nitrogens is 2. The SMILES string of the molecule is COc1cccc(-c2noc(-c3ccccc3C(=O)N3CCCC3)n2)c1. The van der Waals surface area contributed by atoms with Crippen molar-refractivity contribution in [2.75, 3.05) is 20.2 Å². The van der Waals surface area contributed by atoms with Crippen molar-refractivity contribution < 1.29 is 14.1 Å². The van der Waals surface area contributed by atoms with Gasteiger partial charge < -0.3 is 14.2 Å². The molecule has 6 heteroatoms. The van der Waals surface area contributed by atoms with Gasteiger partial charge in [-0.3, -0.25) is 4.79 Å². The van der Waals surface area contributed by atoms with Crippen LogP contribution in [-0.4, -0.2) is 41.1 Å². The van der Waals surface area contributed by atoms with E-state index in [0.29, 0.717) is 22.8 Å². The molecule has 1 aliphatic rings. The quantitative estimate of drug-likeness (QED) is 0.719. The lowest BCUT2D eigenvalue weighted by atomic mass is 10.1. The second-order valence-corrected chi connectivity index (χ2v) is 6.20. The second kappa shape index (κ2) is 7.00. The molecule has 0 spiro atoms. The summed E-state index contributed by atoms with van der Waals surface area (Å²) in [6, 6.07) is 14.8. The van der Waals surface area contributed by atoms with E-state index < -0.39 is 0 Å². The van der Waals surface area contributed by atoms with Gasteiger partial charge in [0.25, 0.3) is 11.8 Å². The van der Waals surface area contributed by atoms with Gasteiger partial charge in [-0.05, 0) is 37.1 Å².